The fraction of sp³-hybridized carbons (Fsp3) is 0.455. The number of rotatable bonds is 5. The number of nitro groups is 1. The lowest BCUT2D eigenvalue weighted by molar-refractivity contribution is -0.385. The summed E-state index contributed by atoms with van der Waals surface area (Å²) in [4.78, 5) is 10.1. The van der Waals surface area contributed by atoms with Crippen LogP contribution in [0.4, 0.5) is 5.69 Å². The molecule has 1 aromatic carbocycles. The molecule has 6 nitrogen and oxygen atoms in total. The summed E-state index contributed by atoms with van der Waals surface area (Å²) in [6, 6.07) is 5.30. The Morgan fingerprint density at radius 3 is 2.53 bits per heavy atom. The van der Waals surface area contributed by atoms with Gasteiger partial charge in [-0.3, -0.25) is 10.1 Å². The number of aliphatic hydroxyl groups excluding tert-OH is 1. The number of halogens is 1. The largest absolute Gasteiger partial charge is 0.386 e. The Balaban J connectivity index is 3.29. The summed E-state index contributed by atoms with van der Waals surface area (Å²) < 4.78 is 22.0. The van der Waals surface area contributed by atoms with Crippen LogP contribution in [0.5, 0.6) is 0 Å². The predicted molar refractivity (Wildman–Crippen MR) is 74.8 cm³/mol. The number of alkyl halides is 1. The van der Waals surface area contributed by atoms with Crippen molar-refractivity contribution in [1.29, 1.82) is 0 Å². The SMILES string of the molecule is CC[C@](Br)([C@H](O)c1cccc([N+](=O)[O-])c1)S(C)(=O)=O. The van der Waals surface area contributed by atoms with Crippen molar-refractivity contribution >= 4 is 31.5 Å². The second-order valence-electron chi connectivity index (χ2n) is 4.17. The Morgan fingerprint density at radius 1 is 1.53 bits per heavy atom. The standard InChI is InChI=1S/C11H14BrNO5S/c1-3-11(12,19(2,17)18)10(14)8-5-4-6-9(7-8)13(15)16/h4-7,10,14H,3H2,1-2H3/t10-,11-/m1/s1. The Bertz CT molecular complexity index is 589. The molecule has 1 aromatic rings. The van der Waals surface area contributed by atoms with Crippen molar-refractivity contribution in [3.8, 4) is 0 Å². The van der Waals surface area contributed by atoms with E-state index in [0.717, 1.165) is 6.26 Å². The quantitative estimate of drug-likeness (QED) is 0.498. The molecule has 0 saturated carbocycles. The molecule has 0 aromatic heterocycles. The molecule has 106 valence electrons. The van der Waals surface area contributed by atoms with Crippen molar-refractivity contribution in [3.63, 3.8) is 0 Å². The van der Waals surface area contributed by atoms with Gasteiger partial charge in [-0.15, -0.1) is 0 Å². The molecule has 1 rings (SSSR count). The number of nitrogens with zero attached hydrogens (tertiary/aromatic N) is 1. The van der Waals surface area contributed by atoms with Gasteiger partial charge < -0.3 is 5.11 Å². The van der Waals surface area contributed by atoms with E-state index in [4.69, 9.17) is 0 Å². The maximum atomic E-state index is 11.8. The topological polar surface area (TPSA) is 97.5 Å². The predicted octanol–water partition coefficient (Wildman–Crippen LogP) is 2.17. The number of sulfone groups is 1. The highest BCUT2D eigenvalue weighted by atomic mass is 79.9. The summed E-state index contributed by atoms with van der Waals surface area (Å²) >= 11 is 3.06. The smallest absolute Gasteiger partial charge is 0.269 e. The van der Waals surface area contributed by atoms with E-state index < -0.39 is 24.5 Å². The Hall–Kier alpha value is -0.990. The molecule has 0 unspecified atom stereocenters. The van der Waals surface area contributed by atoms with Crippen LogP contribution >= 0.6 is 15.9 Å². The summed E-state index contributed by atoms with van der Waals surface area (Å²) in [5.74, 6) is 0. The molecular formula is C11H14BrNO5S. The maximum absolute atomic E-state index is 11.8. The van der Waals surface area contributed by atoms with Crippen LogP contribution in [0.3, 0.4) is 0 Å². The van der Waals surface area contributed by atoms with Crippen LogP contribution in [0.15, 0.2) is 24.3 Å². The van der Waals surface area contributed by atoms with E-state index in [1.54, 1.807) is 6.92 Å². The van der Waals surface area contributed by atoms with E-state index in [-0.39, 0.29) is 17.7 Å². The second-order valence-corrected chi connectivity index (χ2v) is 8.38. The van der Waals surface area contributed by atoms with E-state index in [9.17, 15) is 23.6 Å². The average molecular weight is 352 g/mol. The number of benzene rings is 1. The summed E-state index contributed by atoms with van der Waals surface area (Å²) in [5, 5.41) is 20.9. The fourth-order valence-corrected chi connectivity index (χ4v) is 3.05. The maximum Gasteiger partial charge on any atom is 0.269 e. The van der Waals surface area contributed by atoms with E-state index in [0.29, 0.717) is 0 Å². The van der Waals surface area contributed by atoms with Crippen LogP contribution in [-0.2, 0) is 9.84 Å². The lowest BCUT2D eigenvalue weighted by Crippen LogP contribution is -2.37. The van der Waals surface area contributed by atoms with Crippen molar-refractivity contribution in [1.82, 2.24) is 0 Å². The molecule has 0 aliphatic rings. The number of hydrogen-bond acceptors (Lipinski definition) is 5. The van der Waals surface area contributed by atoms with Gasteiger partial charge in [-0.25, -0.2) is 8.42 Å². The number of hydrogen-bond donors (Lipinski definition) is 1. The Labute approximate surface area is 119 Å². The second kappa shape index (κ2) is 5.56. The number of non-ortho nitro benzene ring substituents is 1. The van der Waals surface area contributed by atoms with Gasteiger partial charge in [0, 0.05) is 18.4 Å². The van der Waals surface area contributed by atoms with Gasteiger partial charge in [0.2, 0.25) is 0 Å². The summed E-state index contributed by atoms with van der Waals surface area (Å²) in [5.41, 5.74) is -0.0191. The van der Waals surface area contributed by atoms with Gasteiger partial charge in [0.05, 0.1) is 4.92 Å². The van der Waals surface area contributed by atoms with Crippen LogP contribution in [0.1, 0.15) is 25.0 Å². The van der Waals surface area contributed by atoms with Gasteiger partial charge in [0.1, 0.15) is 6.10 Å². The fourth-order valence-electron chi connectivity index (χ4n) is 1.72. The molecule has 0 radical (unpaired) electrons. The summed E-state index contributed by atoms with van der Waals surface area (Å²) in [6.45, 7) is 1.61. The van der Waals surface area contributed by atoms with Gasteiger partial charge in [-0.1, -0.05) is 35.0 Å². The molecule has 0 heterocycles. The molecule has 0 saturated heterocycles. The first-order valence-electron chi connectivity index (χ1n) is 5.44. The molecule has 0 spiro atoms. The molecule has 2 atom stereocenters. The van der Waals surface area contributed by atoms with Crippen LogP contribution in [-0.4, -0.2) is 28.4 Å². The lowest BCUT2D eigenvalue weighted by Gasteiger charge is -2.29. The average Bonchev–Trinajstić information content (AvgIpc) is 2.35. The third-order valence-electron chi connectivity index (χ3n) is 2.90. The first kappa shape index (κ1) is 16.1. The third kappa shape index (κ3) is 3.13. The van der Waals surface area contributed by atoms with Crippen molar-refractivity contribution in [2.45, 2.75) is 23.1 Å². The highest BCUT2D eigenvalue weighted by molar-refractivity contribution is 9.11. The zero-order chi connectivity index (χ0) is 14.8. The minimum absolute atomic E-state index is 0.121. The Kier molecular flexibility index (Phi) is 4.70. The summed E-state index contributed by atoms with van der Waals surface area (Å²) in [7, 11) is -3.60. The lowest BCUT2D eigenvalue weighted by atomic mass is 10.0. The van der Waals surface area contributed by atoms with E-state index in [1.807, 2.05) is 0 Å². The van der Waals surface area contributed by atoms with E-state index >= 15 is 0 Å². The van der Waals surface area contributed by atoms with Gasteiger partial charge in [-0.2, -0.15) is 0 Å². The minimum Gasteiger partial charge on any atom is -0.386 e. The molecule has 0 aliphatic heterocycles. The molecule has 19 heavy (non-hydrogen) atoms. The zero-order valence-electron chi connectivity index (χ0n) is 10.4. The normalized spacial score (nSPS) is 16.6. The van der Waals surface area contributed by atoms with E-state index in [2.05, 4.69) is 15.9 Å². The van der Waals surface area contributed by atoms with Crippen LogP contribution in [0.25, 0.3) is 0 Å². The van der Waals surface area contributed by atoms with Crippen molar-refractivity contribution in [3.05, 3.63) is 39.9 Å². The minimum atomic E-state index is -3.60. The highest BCUT2D eigenvalue weighted by Crippen LogP contribution is 2.41. The number of nitro benzene ring substituents is 1. The number of aliphatic hydroxyl groups is 1. The van der Waals surface area contributed by atoms with Gasteiger partial charge in [-0.05, 0) is 12.0 Å². The summed E-state index contributed by atoms with van der Waals surface area (Å²) in [6.07, 6.45) is -0.269. The van der Waals surface area contributed by atoms with Crippen LogP contribution in [0, 0.1) is 10.1 Å². The highest BCUT2D eigenvalue weighted by Gasteiger charge is 2.44. The molecule has 0 amide bonds. The van der Waals surface area contributed by atoms with Gasteiger partial charge in [0.15, 0.2) is 13.5 Å². The molecule has 0 fully saturated rings. The van der Waals surface area contributed by atoms with Gasteiger partial charge >= 0.3 is 0 Å². The molecular weight excluding hydrogens is 338 g/mol. The first-order valence-corrected chi connectivity index (χ1v) is 8.13. The zero-order valence-corrected chi connectivity index (χ0v) is 12.8. The van der Waals surface area contributed by atoms with E-state index in [1.165, 1.54) is 24.3 Å². The Morgan fingerprint density at radius 2 is 2.11 bits per heavy atom. The van der Waals surface area contributed by atoms with Crippen molar-refractivity contribution in [2.24, 2.45) is 0 Å². The monoisotopic (exact) mass is 351 g/mol. The molecule has 0 aliphatic carbocycles. The van der Waals surface area contributed by atoms with Crippen molar-refractivity contribution < 1.29 is 18.4 Å². The first-order chi connectivity index (χ1) is 8.63. The van der Waals surface area contributed by atoms with Gasteiger partial charge in [0.25, 0.3) is 5.69 Å². The molecule has 8 heteroatoms. The van der Waals surface area contributed by atoms with Crippen LogP contribution < -0.4 is 0 Å². The molecule has 0 bridgehead atoms. The van der Waals surface area contributed by atoms with Crippen molar-refractivity contribution in [2.75, 3.05) is 6.26 Å². The molecule has 1 N–H and O–H groups in total. The van der Waals surface area contributed by atoms with Crippen LogP contribution in [0.2, 0.25) is 0 Å². The third-order valence-corrected chi connectivity index (χ3v) is 7.41.